The Balaban J connectivity index is 1.40. The van der Waals surface area contributed by atoms with Crippen molar-refractivity contribution in [2.75, 3.05) is 29.4 Å². The lowest BCUT2D eigenvalue weighted by Crippen LogP contribution is -2.39. The minimum Gasteiger partial charge on any atom is -0.481 e. The Kier molecular flexibility index (Phi) is 8.07. The number of rotatable bonds is 7. The molecular weight excluding hydrogens is 564 g/mol. The van der Waals surface area contributed by atoms with E-state index in [0.29, 0.717) is 23.9 Å². The van der Waals surface area contributed by atoms with Gasteiger partial charge in [-0.2, -0.15) is 0 Å². The fraction of sp³-hybridized carbons (Fsp3) is 0.417. The lowest BCUT2D eigenvalue weighted by atomic mass is 9.81. The number of benzene rings is 1. The van der Waals surface area contributed by atoms with Gasteiger partial charge in [0.05, 0.1) is 23.5 Å². The molecule has 0 atom stereocenters. The summed E-state index contributed by atoms with van der Waals surface area (Å²) in [6.45, 7) is 13.0. The highest BCUT2D eigenvalue weighted by molar-refractivity contribution is 5.87. The van der Waals surface area contributed by atoms with E-state index in [0.717, 1.165) is 72.5 Å². The SMILES string of the molecule is Cc1nc(C(C)(C)O)c(-c2ccc3c(c2)CCN(c2nccc(-c4cccnc4)n2)C3)c(N2CCC(C)(C)CC2)c1CC(=O)O. The van der Waals surface area contributed by atoms with Crippen molar-refractivity contribution < 1.29 is 15.0 Å². The molecule has 0 saturated carbocycles. The number of piperidine rings is 1. The molecule has 0 aliphatic carbocycles. The third kappa shape index (κ3) is 6.40. The van der Waals surface area contributed by atoms with Crippen LogP contribution in [0.4, 0.5) is 11.6 Å². The summed E-state index contributed by atoms with van der Waals surface area (Å²) < 4.78 is 0. The first-order valence-corrected chi connectivity index (χ1v) is 15.7. The van der Waals surface area contributed by atoms with Gasteiger partial charge in [0, 0.05) is 67.2 Å². The molecule has 2 aliphatic rings. The topological polar surface area (TPSA) is 116 Å². The zero-order valence-corrected chi connectivity index (χ0v) is 26.8. The fourth-order valence-electron chi connectivity index (χ4n) is 6.54. The number of hydrogen-bond acceptors (Lipinski definition) is 8. The van der Waals surface area contributed by atoms with Crippen LogP contribution in [-0.4, -0.2) is 55.8 Å². The van der Waals surface area contributed by atoms with E-state index in [1.807, 2.05) is 31.3 Å². The first kappa shape index (κ1) is 30.6. The van der Waals surface area contributed by atoms with Gasteiger partial charge in [-0.15, -0.1) is 0 Å². The first-order chi connectivity index (χ1) is 21.4. The van der Waals surface area contributed by atoms with Gasteiger partial charge in [-0.3, -0.25) is 14.8 Å². The molecule has 9 heteroatoms. The van der Waals surface area contributed by atoms with Crippen molar-refractivity contribution in [3.8, 4) is 22.4 Å². The summed E-state index contributed by atoms with van der Waals surface area (Å²) in [7, 11) is 0. The van der Waals surface area contributed by atoms with Gasteiger partial charge in [0.2, 0.25) is 5.95 Å². The maximum absolute atomic E-state index is 12.1. The van der Waals surface area contributed by atoms with Gasteiger partial charge in [0.15, 0.2) is 0 Å². The molecule has 0 radical (unpaired) electrons. The minimum atomic E-state index is -1.23. The summed E-state index contributed by atoms with van der Waals surface area (Å²) in [5, 5.41) is 21.3. The summed E-state index contributed by atoms with van der Waals surface area (Å²) in [5.74, 6) is -0.201. The quantitative estimate of drug-likeness (QED) is 0.263. The normalized spacial score (nSPS) is 16.4. The molecule has 6 rings (SSSR count). The number of pyridine rings is 2. The first-order valence-electron chi connectivity index (χ1n) is 15.7. The molecule has 1 saturated heterocycles. The molecule has 5 heterocycles. The summed E-state index contributed by atoms with van der Waals surface area (Å²) in [5.41, 5.74) is 7.84. The molecule has 0 bridgehead atoms. The van der Waals surface area contributed by atoms with Gasteiger partial charge < -0.3 is 20.0 Å². The Morgan fingerprint density at radius 2 is 1.76 bits per heavy atom. The van der Waals surface area contributed by atoms with Crippen molar-refractivity contribution in [1.82, 2.24) is 19.9 Å². The number of carboxylic acid groups (broad SMARTS) is 1. The Bertz CT molecular complexity index is 1720. The number of aryl methyl sites for hydroxylation is 1. The zero-order valence-electron chi connectivity index (χ0n) is 26.8. The van der Waals surface area contributed by atoms with Crippen LogP contribution in [0, 0.1) is 12.3 Å². The van der Waals surface area contributed by atoms with Crippen LogP contribution in [0.1, 0.15) is 68.6 Å². The Hall–Kier alpha value is -4.37. The molecule has 0 amide bonds. The second kappa shape index (κ2) is 11.9. The van der Waals surface area contributed by atoms with E-state index < -0.39 is 11.6 Å². The van der Waals surface area contributed by atoms with Crippen LogP contribution in [-0.2, 0) is 29.8 Å². The largest absolute Gasteiger partial charge is 0.481 e. The molecular formula is C36H42N6O3. The van der Waals surface area contributed by atoms with Crippen molar-refractivity contribution in [3.63, 3.8) is 0 Å². The highest BCUT2D eigenvalue weighted by atomic mass is 16.4. The van der Waals surface area contributed by atoms with E-state index in [-0.39, 0.29) is 11.8 Å². The molecule has 0 unspecified atom stereocenters. The lowest BCUT2D eigenvalue weighted by molar-refractivity contribution is -0.136. The number of aliphatic carboxylic acids is 1. The number of nitrogens with zero attached hydrogens (tertiary/aromatic N) is 6. The van der Waals surface area contributed by atoms with E-state index in [1.165, 1.54) is 11.1 Å². The molecule has 1 aromatic carbocycles. The van der Waals surface area contributed by atoms with Crippen LogP contribution in [0.3, 0.4) is 0 Å². The second-order valence-electron chi connectivity index (χ2n) is 13.7. The molecule has 45 heavy (non-hydrogen) atoms. The summed E-state index contributed by atoms with van der Waals surface area (Å²) in [6, 6.07) is 12.3. The van der Waals surface area contributed by atoms with Gasteiger partial charge in [-0.1, -0.05) is 32.0 Å². The number of anilines is 2. The summed E-state index contributed by atoms with van der Waals surface area (Å²) in [6.07, 6.45) is 8.04. The van der Waals surface area contributed by atoms with Gasteiger partial charge in [0.1, 0.15) is 5.60 Å². The maximum Gasteiger partial charge on any atom is 0.307 e. The highest BCUT2D eigenvalue weighted by Gasteiger charge is 2.34. The highest BCUT2D eigenvalue weighted by Crippen LogP contribution is 2.45. The Labute approximate surface area is 265 Å². The zero-order chi connectivity index (χ0) is 31.9. The van der Waals surface area contributed by atoms with Crippen molar-refractivity contribution in [2.24, 2.45) is 5.41 Å². The lowest BCUT2D eigenvalue weighted by Gasteiger charge is -2.41. The molecule has 2 aliphatic heterocycles. The van der Waals surface area contributed by atoms with Crippen LogP contribution in [0.25, 0.3) is 22.4 Å². The Morgan fingerprint density at radius 3 is 2.44 bits per heavy atom. The van der Waals surface area contributed by atoms with Gasteiger partial charge in [0.25, 0.3) is 0 Å². The number of carbonyl (C=O) groups is 1. The fourth-order valence-corrected chi connectivity index (χ4v) is 6.54. The third-order valence-electron chi connectivity index (χ3n) is 9.21. The van der Waals surface area contributed by atoms with Gasteiger partial charge in [-0.25, -0.2) is 9.97 Å². The van der Waals surface area contributed by atoms with Gasteiger partial charge >= 0.3 is 5.97 Å². The molecule has 234 valence electrons. The van der Waals surface area contributed by atoms with Crippen molar-refractivity contribution in [3.05, 3.63) is 83.1 Å². The standard InChI is InChI=1S/C36H42N6O3/c1-23-28(20-30(43)44)32(41-17-12-35(2,3)13-18-41)31(33(39-23)36(4,5)45)25-8-9-27-22-42(16-11-24(27)19-25)34-38-15-10-29(40-34)26-7-6-14-37-21-26/h6-10,14-15,19,21,45H,11-13,16-18,20,22H2,1-5H3,(H,43,44). The number of hydrogen-bond donors (Lipinski definition) is 2. The van der Waals surface area contributed by atoms with E-state index in [4.69, 9.17) is 9.97 Å². The molecule has 1 fully saturated rings. The van der Waals surface area contributed by atoms with Crippen LogP contribution >= 0.6 is 0 Å². The van der Waals surface area contributed by atoms with Crippen LogP contribution in [0.2, 0.25) is 0 Å². The predicted octanol–water partition coefficient (Wildman–Crippen LogP) is 5.95. The van der Waals surface area contributed by atoms with Crippen LogP contribution < -0.4 is 9.80 Å². The summed E-state index contributed by atoms with van der Waals surface area (Å²) >= 11 is 0. The number of aromatic nitrogens is 4. The molecule has 9 nitrogen and oxygen atoms in total. The minimum absolute atomic E-state index is 0.120. The average Bonchev–Trinajstić information content (AvgIpc) is 3.01. The van der Waals surface area contributed by atoms with E-state index in [9.17, 15) is 15.0 Å². The van der Waals surface area contributed by atoms with Crippen LogP contribution in [0.15, 0.2) is 55.0 Å². The molecule has 3 aromatic heterocycles. The van der Waals surface area contributed by atoms with E-state index >= 15 is 0 Å². The number of carboxylic acids is 1. The number of fused-ring (bicyclic) bond motifs is 1. The maximum atomic E-state index is 12.1. The second-order valence-corrected chi connectivity index (χ2v) is 13.7. The average molecular weight is 607 g/mol. The monoisotopic (exact) mass is 606 g/mol. The summed E-state index contributed by atoms with van der Waals surface area (Å²) in [4.78, 5) is 35.2. The molecule has 4 aromatic rings. The number of aliphatic hydroxyl groups is 1. The smallest absolute Gasteiger partial charge is 0.307 e. The van der Waals surface area contributed by atoms with Crippen molar-refractivity contribution >= 4 is 17.6 Å². The van der Waals surface area contributed by atoms with Crippen LogP contribution in [0.5, 0.6) is 0 Å². The van der Waals surface area contributed by atoms with E-state index in [1.54, 1.807) is 26.2 Å². The van der Waals surface area contributed by atoms with Crippen molar-refractivity contribution in [2.45, 2.75) is 72.4 Å². The predicted molar refractivity (Wildman–Crippen MR) is 176 cm³/mol. The third-order valence-corrected chi connectivity index (χ3v) is 9.21. The van der Waals surface area contributed by atoms with Crippen molar-refractivity contribution in [1.29, 1.82) is 0 Å². The Morgan fingerprint density at radius 1 is 0.978 bits per heavy atom. The van der Waals surface area contributed by atoms with Gasteiger partial charge in [-0.05, 0) is 80.3 Å². The van der Waals surface area contributed by atoms with E-state index in [2.05, 4.69) is 51.8 Å². The molecule has 2 N–H and O–H groups in total. The molecule has 0 spiro atoms.